The van der Waals surface area contributed by atoms with E-state index < -0.39 is 0 Å². The Bertz CT molecular complexity index is 360. The molecule has 2 unspecified atom stereocenters. The molecule has 18 heavy (non-hydrogen) atoms. The minimum atomic E-state index is 0.457. The molecule has 0 radical (unpaired) electrons. The number of hydrogen-bond acceptors (Lipinski definition) is 1. The summed E-state index contributed by atoms with van der Waals surface area (Å²) in [6.45, 7) is 4.60. The summed E-state index contributed by atoms with van der Waals surface area (Å²) in [6, 6.07) is 9.84. The molecule has 1 aromatic carbocycles. The lowest BCUT2D eigenvalue weighted by Gasteiger charge is -2.31. The van der Waals surface area contributed by atoms with E-state index in [9.17, 15) is 0 Å². The molecule has 1 N–H and O–H groups in total. The monoisotopic (exact) mass is 309 g/mol. The summed E-state index contributed by atoms with van der Waals surface area (Å²) in [4.78, 5) is 0. The third-order valence-electron chi connectivity index (χ3n) is 4.22. The highest BCUT2D eigenvalue weighted by Gasteiger charge is 2.21. The second-order valence-electron chi connectivity index (χ2n) is 5.58. The van der Waals surface area contributed by atoms with Crippen molar-refractivity contribution < 1.29 is 0 Å². The third-order valence-corrected chi connectivity index (χ3v) is 4.74. The van der Waals surface area contributed by atoms with Crippen LogP contribution in [0.25, 0.3) is 0 Å². The summed E-state index contributed by atoms with van der Waals surface area (Å²) in [5, 5.41) is 3.80. The summed E-state index contributed by atoms with van der Waals surface area (Å²) >= 11 is 3.49. The maximum atomic E-state index is 3.80. The second-order valence-corrected chi connectivity index (χ2v) is 6.49. The average Bonchev–Trinajstić information content (AvgIpc) is 2.39. The molecule has 1 saturated carbocycles. The molecule has 3 atom stereocenters. The first-order valence-corrected chi connectivity index (χ1v) is 8.00. The SMILES string of the molecule is CCC1CCCC(N[C@H](C)c2ccc(Br)cc2)C1. The molecule has 0 amide bonds. The highest BCUT2D eigenvalue weighted by Crippen LogP contribution is 2.28. The Morgan fingerprint density at radius 2 is 2.00 bits per heavy atom. The summed E-state index contributed by atoms with van der Waals surface area (Å²) in [5.41, 5.74) is 1.39. The fourth-order valence-corrected chi connectivity index (χ4v) is 3.28. The lowest BCUT2D eigenvalue weighted by Crippen LogP contribution is -2.35. The van der Waals surface area contributed by atoms with Crippen LogP contribution in [0.1, 0.15) is 57.6 Å². The van der Waals surface area contributed by atoms with Gasteiger partial charge in [-0.25, -0.2) is 0 Å². The maximum Gasteiger partial charge on any atom is 0.0294 e. The first-order valence-electron chi connectivity index (χ1n) is 7.20. The van der Waals surface area contributed by atoms with Crippen molar-refractivity contribution in [2.45, 2.75) is 58.0 Å². The molecule has 0 heterocycles. The minimum Gasteiger partial charge on any atom is -0.307 e. The van der Waals surface area contributed by atoms with Gasteiger partial charge >= 0.3 is 0 Å². The zero-order valence-electron chi connectivity index (χ0n) is 11.5. The zero-order valence-corrected chi connectivity index (χ0v) is 13.0. The zero-order chi connectivity index (χ0) is 13.0. The molecule has 0 bridgehead atoms. The van der Waals surface area contributed by atoms with Crippen molar-refractivity contribution in [3.8, 4) is 0 Å². The molecular weight excluding hydrogens is 286 g/mol. The molecule has 0 aromatic heterocycles. The van der Waals surface area contributed by atoms with E-state index in [1.54, 1.807) is 0 Å². The molecular formula is C16H24BrN. The smallest absolute Gasteiger partial charge is 0.0294 e. The van der Waals surface area contributed by atoms with Crippen LogP contribution in [0.3, 0.4) is 0 Å². The van der Waals surface area contributed by atoms with Crippen molar-refractivity contribution in [1.82, 2.24) is 5.32 Å². The van der Waals surface area contributed by atoms with Gasteiger partial charge in [-0.2, -0.15) is 0 Å². The van der Waals surface area contributed by atoms with Crippen molar-refractivity contribution >= 4 is 15.9 Å². The van der Waals surface area contributed by atoms with Gasteiger partial charge in [0.15, 0.2) is 0 Å². The molecule has 1 nitrogen and oxygen atoms in total. The van der Waals surface area contributed by atoms with Crippen LogP contribution >= 0.6 is 15.9 Å². The molecule has 0 spiro atoms. The molecule has 2 heteroatoms. The number of benzene rings is 1. The number of nitrogens with one attached hydrogen (secondary N) is 1. The Morgan fingerprint density at radius 3 is 2.67 bits per heavy atom. The summed E-state index contributed by atoms with van der Waals surface area (Å²) in [7, 11) is 0. The normalized spacial score (nSPS) is 25.9. The van der Waals surface area contributed by atoms with E-state index in [1.807, 2.05) is 0 Å². The van der Waals surface area contributed by atoms with Crippen molar-refractivity contribution in [1.29, 1.82) is 0 Å². The van der Waals surface area contributed by atoms with Gasteiger partial charge in [-0.05, 0) is 43.4 Å². The topological polar surface area (TPSA) is 12.0 Å². The van der Waals surface area contributed by atoms with Gasteiger partial charge in [-0.1, -0.05) is 54.2 Å². The largest absolute Gasteiger partial charge is 0.307 e. The fourth-order valence-electron chi connectivity index (χ4n) is 3.01. The van der Waals surface area contributed by atoms with Crippen LogP contribution in [0, 0.1) is 5.92 Å². The quantitative estimate of drug-likeness (QED) is 0.819. The number of halogens is 1. The predicted molar refractivity (Wildman–Crippen MR) is 81.7 cm³/mol. The second kappa shape index (κ2) is 6.72. The van der Waals surface area contributed by atoms with Gasteiger partial charge < -0.3 is 5.32 Å². The van der Waals surface area contributed by atoms with E-state index in [4.69, 9.17) is 0 Å². The van der Waals surface area contributed by atoms with Crippen LogP contribution in [-0.4, -0.2) is 6.04 Å². The van der Waals surface area contributed by atoms with Crippen LogP contribution in [-0.2, 0) is 0 Å². The van der Waals surface area contributed by atoms with Crippen molar-refractivity contribution in [3.05, 3.63) is 34.3 Å². The molecule has 1 aromatic rings. The van der Waals surface area contributed by atoms with Crippen LogP contribution in [0.2, 0.25) is 0 Å². The number of hydrogen-bond donors (Lipinski definition) is 1. The van der Waals surface area contributed by atoms with Crippen molar-refractivity contribution in [2.75, 3.05) is 0 Å². The molecule has 0 aliphatic heterocycles. The Kier molecular flexibility index (Phi) is 5.25. The van der Waals surface area contributed by atoms with Gasteiger partial charge in [0.25, 0.3) is 0 Å². The first kappa shape index (κ1) is 14.1. The average molecular weight is 310 g/mol. The van der Waals surface area contributed by atoms with Crippen molar-refractivity contribution in [3.63, 3.8) is 0 Å². The lowest BCUT2D eigenvalue weighted by molar-refractivity contribution is 0.266. The van der Waals surface area contributed by atoms with E-state index in [2.05, 4.69) is 59.4 Å². The number of rotatable bonds is 4. The molecule has 0 saturated heterocycles. The van der Waals surface area contributed by atoms with Crippen LogP contribution < -0.4 is 5.32 Å². The molecule has 2 rings (SSSR count). The molecule has 1 aliphatic rings. The highest BCUT2D eigenvalue weighted by molar-refractivity contribution is 9.10. The van der Waals surface area contributed by atoms with Gasteiger partial charge in [-0.15, -0.1) is 0 Å². The van der Waals surface area contributed by atoms with Crippen molar-refractivity contribution in [2.24, 2.45) is 5.92 Å². The van der Waals surface area contributed by atoms with Crippen LogP contribution in [0.5, 0.6) is 0 Å². The van der Waals surface area contributed by atoms with E-state index in [0.717, 1.165) is 10.4 Å². The predicted octanol–water partition coefficient (Wildman–Crippen LogP) is 5.07. The Balaban J connectivity index is 1.90. The van der Waals surface area contributed by atoms with E-state index >= 15 is 0 Å². The fraction of sp³-hybridized carbons (Fsp3) is 0.625. The molecule has 100 valence electrons. The molecule has 1 fully saturated rings. The maximum absolute atomic E-state index is 3.80. The lowest BCUT2D eigenvalue weighted by atomic mass is 9.84. The Morgan fingerprint density at radius 1 is 1.28 bits per heavy atom. The highest BCUT2D eigenvalue weighted by atomic mass is 79.9. The summed E-state index contributed by atoms with van der Waals surface area (Å²) < 4.78 is 1.15. The summed E-state index contributed by atoms with van der Waals surface area (Å²) in [5.74, 6) is 0.938. The minimum absolute atomic E-state index is 0.457. The van der Waals surface area contributed by atoms with E-state index in [1.165, 1.54) is 37.7 Å². The summed E-state index contributed by atoms with van der Waals surface area (Å²) in [6.07, 6.45) is 6.87. The third kappa shape index (κ3) is 3.83. The first-order chi connectivity index (χ1) is 8.69. The van der Waals surface area contributed by atoms with Crippen LogP contribution in [0.4, 0.5) is 0 Å². The van der Waals surface area contributed by atoms with E-state index in [-0.39, 0.29) is 0 Å². The van der Waals surface area contributed by atoms with Gasteiger partial charge in [0.2, 0.25) is 0 Å². The standard InChI is InChI=1S/C16H24BrN/c1-3-13-5-4-6-16(11-13)18-12(2)14-7-9-15(17)10-8-14/h7-10,12-13,16,18H,3-6,11H2,1-2H3/t12-,13?,16?/m1/s1. The van der Waals surface area contributed by atoms with Gasteiger partial charge in [0, 0.05) is 16.6 Å². The van der Waals surface area contributed by atoms with Gasteiger partial charge in [0.1, 0.15) is 0 Å². The van der Waals surface area contributed by atoms with Gasteiger partial charge in [0.05, 0.1) is 0 Å². The van der Waals surface area contributed by atoms with E-state index in [0.29, 0.717) is 12.1 Å². The Hall–Kier alpha value is -0.340. The molecule has 1 aliphatic carbocycles. The Labute approximate surface area is 119 Å². The van der Waals surface area contributed by atoms with Gasteiger partial charge in [-0.3, -0.25) is 0 Å². The van der Waals surface area contributed by atoms with Crippen LogP contribution in [0.15, 0.2) is 28.7 Å².